The zero-order valence-corrected chi connectivity index (χ0v) is 25.8. The zero-order chi connectivity index (χ0) is 31.0. The third-order valence-corrected chi connectivity index (χ3v) is 10.9. The summed E-state index contributed by atoms with van der Waals surface area (Å²) >= 11 is 0. The Morgan fingerprint density at radius 3 is 1.10 bits per heavy atom. The van der Waals surface area contributed by atoms with Gasteiger partial charge < -0.3 is 30.2 Å². The van der Waals surface area contributed by atoms with E-state index in [0.717, 1.165) is 38.5 Å². The average molecular weight is 633 g/mol. The molecule has 2 aromatic heterocycles. The first-order valence-electron chi connectivity index (χ1n) is 14.1. The summed E-state index contributed by atoms with van der Waals surface area (Å²) in [6, 6.07) is 0. The van der Waals surface area contributed by atoms with Crippen molar-refractivity contribution in [2.75, 3.05) is 36.0 Å². The van der Waals surface area contributed by atoms with Gasteiger partial charge in [0.15, 0.2) is 11.6 Å². The maximum atomic E-state index is 13.7. The van der Waals surface area contributed by atoms with Crippen molar-refractivity contribution in [3.05, 3.63) is 0 Å². The Kier molecular flexibility index (Phi) is 9.88. The first-order valence-corrected chi connectivity index (χ1v) is 16.9. The molecular formula is C24H40N8O8S2. The van der Waals surface area contributed by atoms with Crippen molar-refractivity contribution >= 4 is 42.7 Å². The van der Waals surface area contributed by atoms with Crippen molar-refractivity contribution < 1.29 is 37.3 Å². The van der Waals surface area contributed by atoms with E-state index in [4.69, 9.17) is 0 Å². The molecule has 18 heteroatoms. The Hall–Kier alpha value is -2.32. The molecule has 2 aliphatic rings. The van der Waals surface area contributed by atoms with Crippen LogP contribution in [0.2, 0.25) is 0 Å². The van der Waals surface area contributed by atoms with Gasteiger partial charge in [-0.3, -0.25) is 0 Å². The van der Waals surface area contributed by atoms with Crippen molar-refractivity contribution in [3.63, 3.8) is 0 Å². The average Bonchev–Trinajstić information content (AvgIpc) is 2.91. The van der Waals surface area contributed by atoms with Crippen LogP contribution in [0.4, 0.5) is 11.6 Å². The minimum Gasteiger partial charge on any atom is -0.378 e. The van der Waals surface area contributed by atoms with Crippen LogP contribution in [0, 0.1) is 0 Å². The number of rotatable bonds is 10. The smallest absolute Gasteiger partial charge is 0.283 e. The van der Waals surface area contributed by atoms with Gasteiger partial charge in [0.2, 0.25) is 0 Å². The van der Waals surface area contributed by atoms with Gasteiger partial charge in [-0.1, -0.05) is 0 Å². The van der Waals surface area contributed by atoms with Gasteiger partial charge in [0.1, 0.15) is 35.9 Å². The molecule has 2 aliphatic heterocycles. The van der Waals surface area contributed by atoms with E-state index in [1.54, 1.807) is 9.80 Å². The largest absolute Gasteiger partial charge is 0.378 e. The van der Waals surface area contributed by atoms with Crippen LogP contribution in [0.15, 0.2) is 10.3 Å². The van der Waals surface area contributed by atoms with E-state index < -0.39 is 55.3 Å². The summed E-state index contributed by atoms with van der Waals surface area (Å²) in [5, 5.41) is 39.4. The predicted molar refractivity (Wildman–Crippen MR) is 152 cm³/mol. The number of fused-ring (bicyclic) bond motifs is 1. The van der Waals surface area contributed by atoms with Gasteiger partial charge >= 0.3 is 0 Å². The van der Waals surface area contributed by atoms with Crippen LogP contribution in [-0.4, -0.2) is 117 Å². The second-order valence-corrected chi connectivity index (χ2v) is 14.1. The van der Waals surface area contributed by atoms with E-state index >= 15 is 0 Å². The second kappa shape index (κ2) is 12.7. The molecule has 4 heterocycles. The lowest BCUT2D eigenvalue weighted by atomic mass is 10.1. The molecule has 42 heavy (non-hydrogen) atoms. The van der Waals surface area contributed by atoms with Crippen molar-refractivity contribution in [3.8, 4) is 0 Å². The van der Waals surface area contributed by atoms with Crippen molar-refractivity contribution in [1.29, 1.82) is 0 Å². The number of hydrogen-bond acceptors (Lipinski definition) is 14. The first-order chi connectivity index (χ1) is 19.7. The molecule has 0 aliphatic carbocycles. The van der Waals surface area contributed by atoms with Crippen molar-refractivity contribution in [2.24, 2.45) is 0 Å². The van der Waals surface area contributed by atoms with Gasteiger partial charge in [0, 0.05) is 26.2 Å². The SMILES string of the molecule is CC(O)N(C(C)O)S(=O)(=O)c1nc(N2CCCCC2)c2nc(S(=O)(=O)N(C(C)O)C(C)O)nc(N3CCCCC3)c2n1. The normalized spacial score (nSPS) is 20.2. The van der Waals surface area contributed by atoms with Gasteiger partial charge in [0.25, 0.3) is 30.4 Å². The van der Waals surface area contributed by atoms with Crippen molar-refractivity contribution in [1.82, 2.24) is 28.5 Å². The quantitative estimate of drug-likeness (QED) is 0.196. The molecule has 0 spiro atoms. The maximum absolute atomic E-state index is 13.7. The lowest BCUT2D eigenvalue weighted by Gasteiger charge is -2.32. The summed E-state index contributed by atoms with van der Waals surface area (Å²) in [5.74, 6) is 0.124. The van der Waals surface area contributed by atoms with Gasteiger partial charge in [-0.15, -0.1) is 8.61 Å². The molecule has 4 N–H and O–H groups in total. The highest BCUT2D eigenvalue weighted by atomic mass is 32.2. The van der Waals surface area contributed by atoms with E-state index in [0.29, 0.717) is 34.8 Å². The number of anilines is 2. The fourth-order valence-corrected chi connectivity index (χ4v) is 8.25. The Bertz CT molecular complexity index is 1350. The van der Waals surface area contributed by atoms with Crippen LogP contribution in [0.3, 0.4) is 0 Å². The van der Waals surface area contributed by atoms with Crippen LogP contribution < -0.4 is 9.80 Å². The topological polar surface area (TPSA) is 214 Å². The highest BCUT2D eigenvalue weighted by molar-refractivity contribution is 7.89. The Morgan fingerprint density at radius 2 is 0.833 bits per heavy atom. The standard InChI is InChI=1S/C24H40N8O8S2/c1-15(33)31(16(2)34)41(37,38)23-25-19-20(21(27-23)29-11-7-5-8-12-29)26-24(28-22(19)30-13-9-6-10-14-30)42(39,40)32(17(3)35)18(4)36/h15-18,33-36H,5-14H2,1-4H3. The molecule has 0 radical (unpaired) electrons. The van der Waals surface area contributed by atoms with Crippen LogP contribution in [0.1, 0.15) is 66.2 Å². The third kappa shape index (κ3) is 6.30. The van der Waals surface area contributed by atoms with E-state index in [1.807, 2.05) is 0 Å². The molecule has 2 aromatic rings. The second-order valence-electron chi connectivity index (χ2n) is 10.6. The fourth-order valence-electron chi connectivity index (χ4n) is 5.45. The lowest BCUT2D eigenvalue weighted by molar-refractivity contribution is -0.0252. The zero-order valence-electron chi connectivity index (χ0n) is 24.2. The number of aliphatic hydroxyl groups excluding tert-OH is 4. The predicted octanol–water partition coefficient (Wildman–Crippen LogP) is -0.265. The highest BCUT2D eigenvalue weighted by Gasteiger charge is 2.39. The summed E-state index contributed by atoms with van der Waals surface area (Å²) in [7, 11) is -9.31. The minimum absolute atomic E-state index is 0.0122. The number of piperidine rings is 2. The van der Waals surface area contributed by atoms with Gasteiger partial charge in [0.05, 0.1) is 0 Å². The molecule has 4 atom stereocenters. The van der Waals surface area contributed by atoms with Crippen molar-refractivity contribution in [2.45, 2.75) is 101 Å². The molecule has 0 saturated carbocycles. The molecule has 0 amide bonds. The summed E-state index contributed by atoms with van der Waals surface area (Å²) in [6.45, 7) is 6.69. The molecule has 2 saturated heterocycles. The van der Waals surface area contributed by atoms with E-state index in [1.165, 1.54) is 27.7 Å². The van der Waals surface area contributed by atoms with Gasteiger partial charge in [-0.25, -0.2) is 26.8 Å². The molecule has 16 nitrogen and oxygen atoms in total. The first kappa shape index (κ1) is 32.6. The van der Waals surface area contributed by atoms with Gasteiger partial charge in [-0.05, 0) is 66.2 Å². The number of aliphatic hydroxyl groups is 4. The van der Waals surface area contributed by atoms with Gasteiger partial charge in [-0.2, -0.15) is 9.97 Å². The van der Waals surface area contributed by atoms with E-state index in [-0.39, 0.29) is 22.7 Å². The lowest BCUT2D eigenvalue weighted by Crippen LogP contribution is -2.45. The maximum Gasteiger partial charge on any atom is 0.283 e. The summed E-state index contributed by atoms with van der Waals surface area (Å²) in [4.78, 5) is 21.0. The van der Waals surface area contributed by atoms with Crippen LogP contribution in [0.5, 0.6) is 0 Å². The molecule has 4 rings (SSSR count). The molecule has 0 bridgehead atoms. The number of sulfonamides is 2. The van der Waals surface area contributed by atoms with E-state index in [9.17, 15) is 37.3 Å². The Labute approximate surface area is 245 Å². The Balaban J connectivity index is 2.08. The summed E-state index contributed by atoms with van der Waals surface area (Å²) in [6.07, 6.45) is -1.46. The molecule has 0 aromatic carbocycles. The minimum atomic E-state index is -4.66. The van der Waals surface area contributed by atoms with E-state index in [2.05, 4.69) is 19.9 Å². The molecule has 4 unspecified atom stereocenters. The number of nitrogens with zero attached hydrogens (tertiary/aromatic N) is 8. The number of aromatic nitrogens is 4. The monoisotopic (exact) mass is 632 g/mol. The molecular weight excluding hydrogens is 592 g/mol. The molecule has 2 fully saturated rings. The summed E-state index contributed by atoms with van der Waals surface area (Å²) in [5.41, 5.74) is -0.0245. The van der Waals surface area contributed by atoms with Crippen LogP contribution >= 0.6 is 0 Å². The van der Waals surface area contributed by atoms with Crippen LogP contribution in [0.25, 0.3) is 11.0 Å². The Morgan fingerprint density at radius 1 is 0.548 bits per heavy atom. The highest BCUT2D eigenvalue weighted by Crippen LogP contribution is 2.34. The molecule has 236 valence electrons. The fraction of sp³-hybridized carbons (Fsp3) is 0.750. The third-order valence-electron chi connectivity index (χ3n) is 7.27. The summed E-state index contributed by atoms with van der Waals surface area (Å²) < 4.78 is 55.7. The van der Waals surface area contributed by atoms with Crippen LogP contribution in [-0.2, 0) is 20.0 Å². The number of hydrogen-bond donors (Lipinski definition) is 4.